The van der Waals surface area contributed by atoms with Crippen LogP contribution in [-0.2, 0) is 22.4 Å². The molecule has 6 nitrogen and oxygen atoms in total. The highest BCUT2D eigenvalue weighted by molar-refractivity contribution is 5.79. The number of benzene rings is 1. The van der Waals surface area contributed by atoms with Crippen molar-refractivity contribution >= 4 is 12.0 Å². The molecule has 1 saturated heterocycles. The second-order valence-electron chi connectivity index (χ2n) is 5.91. The van der Waals surface area contributed by atoms with Crippen LogP contribution in [0.2, 0.25) is 0 Å². The lowest BCUT2D eigenvalue weighted by Gasteiger charge is -2.34. The first-order valence-electron chi connectivity index (χ1n) is 8.02. The lowest BCUT2D eigenvalue weighted by atomic mass is 10.0. The summed E-state index contributed by atoms with van der Waals surface area (Å²) in [6.07, 6.45) is 2.10. The zero-order valence-corrected chi connectivity index (χ0v) is 13.4. The summed E-state index contributed by atoms with van der Waals surface area (Å²) in [5.74, 6) is 1.05. The number of carbonyl (C=O) groups is 2. The fourth-order valence-electron chi connectivity index (χ4n) is 3.08. The van der Waals surface area contributed by atoms with E-state index in [1.54, 1.807) is 4.90 Å². The van der Waals surface area contributed by atoms with E-state index in [2.05, 4.69) is 6.07 Å². The van der Waals surface area contributed by atoms with Crippen LogP contribution < -0.4 is 4.74 Å². The van der Waals surface area contributed by atoms with E-state index in [9.17, 15) is 9.59 Å². The quantitative estimate of drug-likeness (QED) is 0.828. The minimum Gasteiger partial charge on any atom is -0.493 e. The molecule has 0 unspecified atom stereocenters. The van der Waals surface area contributed by atoms with Gasteiger partial charge in [-0.2, -0.15) is 0 Å². The summed E-state index contributed by atoms with van der Waals surface area (Å²) in [5, 5.41) is 0. The normalized spacial score (nSPS) is 17.3. The van der Waals surface area contributed by atoms with Crippen molar-refractivity contribution in [2.24, 2.45) is 0 Å². The van der Waals surface area contributed by atoms with Gasteiger partial charge in [0.1, 0.15) is 5.75 Å². The SMILES string of the molecule is COC(=O)N1CCN(C(=O)Cc2ccc3c(c2)CCCO3)CC1. The molecule has 1 fully saturated rings. The summed E-state index contributed by atoms with van der Waals surface area (Å²) in [6.45, 7) is 2.94. The molecule has 0 atom stereocenters. The Morgan fingerprint density at radius 3 is 2.65 bits per heavy atom. The number of ether oxygens (including phenoxy) is 2. The maximum atomic E-state index is 12.4. The number of nitrogens with zero attached hydrogens (tertiary/aromatic N) is 2. The summed E-state index contributed by atoms with van der Waals surface area (Å²) in [7, 11) is 1.37. The zero-order valence-electron chi connectivity index (χ0n) is 13.4. The van der Waals surface area contributed by atoms with Crippen molar-refractivity contribution in [2.45, 2.75) is 19.3 Å². The lowest BCUT2D eigenvalue weighted by molar-refractivity contribution is -0.132. The van der Waals surface area contributed by atoms with E-state index in [4.69, 9.17) is 9.47 Å². The minimum atomic E-state index is -0.327. The molecule has 0 aromatic heterocycles. The first-order valence-corrected chi connectivity index (χ1v) is 8.02. The van der Waals surface area contributed by atoms with Gasteiger partial charge in [0.15, 0.2) is 0 Å². The predicted molar refractivity (Wildman–Crippen MR) is 84.5 cm³/mol. The first kappa shape index (κ1) is 15.6. The van der Waals surface area contributed by atoms with Gasteiger partial charge in [-0.25, -0.2) is 4.79 Å². The highest BCUT2D eigenvalue weighted by Gasteiger charge is 2.24. The molecular formula is C17H22N2O4. The Balaban J connectivity index is 1.56. The van der Waals surface area contributed by atoms with Crippen molar-refractivity contribution in [3.05, 3.63) is 29.3 Å². The van der Waals surface area contributed by atoms with E-state index >= 15 is 0 Å². The van der Waals surface area contributed by atoms with E-state index in [1.807, 2.05) is 17.0 Å². The fourth-order valence-corrected chi connectivity index (χ4v) is 3.08. The summed E-state index contributed by atoms with van der Waals surface area (Å²) in [4.78, 5) is 27.3. The van der Waals surface area contributed by atoms with Crippen molar-refractivity contribution in [1.29, 1.82) is 0 Å². The van der Waals surface area contributed by atoms with Gasteiger partial charge >= 0.3 is 6.09 Å². The smallest absolute Gasteiger partial charge is 0.409 e. The van der Waals surface area contributed by atoms with Crippen LogP contribution >= 0.6 is 0 Å². The van der Waals surface area contributed by atoms with E-state index in [1.165, 1.54) is 12.7 Å². The van der Waals surface area contributed by atoms with Crippen molar-refractivity contribution in [3.8, 4) is 5.75 Å². The average Bonchev–Trinajstić information content (AvgIpc) is 2.61. The van der Waals surface area contributed by atoms with Gasteiger partial charge in [0.2, 0.25) is 5.91 Å². The van der Waals surface area contributed by atoms with Gasteiger partial charge in [-0.1, -0.05) is 12.1 Å². The Hall–Kier alpha value is -2.24. The summed E-state index contributed by atoms with van der Waals surface area (Å²) in [5.41, 5.74) is 2.21. The minimum absolute atomic E-state index is 0.103. The Labute approximate surface area is 136 Å². The molecule has 1 aromatic carbocycles. The average molecular weight is 318 g/mol. The number of amides is 2. The molecule has 0 radical (unpaired) electrons. The van der Waals surface area contributed by atoms with E-state index in [0.717, 1.165) is 30.8 Å². The van der Waals surface area contributed by atoms with Crippen LogP contribution in [0, 0.1) is 0 Å². The standard InChI is InChI=1S/C17H22N2O4/c1-22-17(21)19-8-6-18(7-9-19)16(20)12-13-4-5-15-14(11-13)3-2-10-23-15/h4-5,11H,2-3,6-10,12H2,1H3. The van der Waals surface area contributed by atoms with E-state index < -0.39 is 0 Å². The second kappa shape index (κ2) is 6.89. The van der Waals surface area contributed by atoms with Gasteiger partial charge in [0, 0.05) is 26.2 Å². The third kappa shape index (κ3) is 3.57. The van der Waals surface area contributed by atoms with Crippen molar-refractivity contribution in [1.82, 2.24) is 9.80 Å². The molecule has 0 bridgehead atoms. The van der Waals surface area contributed by atoms with Crippen LogP contribution in [0.15, 0.2) is 18.2 Å². The van der Waals surface area contributed by atoms with Gasteiger partial charge in [-0.15, -0.1) is 0 Å². The number of methoxy groups -OCH3 is 1. The number of fused-ring (bicyclic) bond motifs is 1. The van der Waals surface area contributed by atoms with Crippen LogP contribution in [0.1, 0.15) is 17.5 Å². The molecule has 2 aliphatic rings. The first-order chi connectivity index (χ1) is 11.2. The molecule has 23 heavy (non-hydrogen) atoms. The molecule has 1 aromatic rings. The molecule has 0 spiro atoms. The highest BCUT2D eigenvalue weighted by atomic mass is 16.5. The van der Waals surface area contributed by atoms with Crippen molar-refractivity contribution in [2.75, 3.05) is 39.9 Å². The largest absolute Gasteiger partial charge is 0.493 e. The second-order valence-corrected chi connectivity index (χ2v) is 5.91. The zero-order chi connectivity index (χ0) is 16.2. The van der Waals surface area contributed by atoms with Gasteiger partial charge in [-0.05, 0) is 30.0 Å². The third-order valence-electron chi connectivity index (χ3n) is 4.39. The maximum absolute atomic E-state index is 12.4. The van der Waals surface area contributed by atoms with Crippen molar-refractivity contribution in [3.63, 3.8) is 0 Å². The molecule has 2 heterocycles. The fraction of sp³-hybridized carbons (Fsp3) is 0.529. The van der Waals surface area contributed by atoms with Crippen LogP contribution in [0.5, 0.6) is 5.75 Å². The Kier molecular flexibility index (Phi) is 4.69. The van der Waals surface area contributed by atoms with Crippen LogP contribution in [0.4, 0.5) is 4.79 Å². The monoisotopic (exact) mass is 318 g/mol. The molecule has 2 amide bonds. The number of aryl methyl sites for hydroxylation is 1. The molecule has 0 N–H and O–H groups in total. The number of piperazine rings is 1. The van der Waals surface area contributed by atoms with Gasteiger partial charge in [0.25, 0.3) is 0 Å². The molecule has 0 saturated carbocycles. The van der Waals surface area contributed by atoms with Gasteiger partial charge in [-0.3, -0.25) is 4.79 Å². The van der Waals surface area contributed by atoms with Crippen LogP contribution in [-0.4, -0.2) is 61.7 Å². The van der Waals surface area contributed by atoms with Gasteiger partial charge < -0.3 is 19.3 Å². The van der Waals surface area contributed by atoms with Crippen molar-refractivity contribution < 1.29 is 19.1 Å². The number of hydrogen-bond acceptors (Lipinski definition) is 4. The van der Waals surface area contributed by atoms with Crippen LogP contribution in [0.3, 0.4) is 0 Å². The lowest BCUT2D eigenvalue weighted by Crippen LogP contribution is -2.50. The number of rotatable bonds is 2. The Morgan fingerprint density at radius 1 is 1.17 bits per heavy atom. The molecule has 2 aliphatic heterocycles. The summed E-state index contributed by atoms with van der Waals surface area (Å²) >= 11 is 0. The number of hydrogen-bond donors (Lipinski definition) is 0. The topological polar surface area (TPSA) is 59.1 Å². The van der Waals surface area contributed by atoms with E-state index in [-0.39, 0.29) is 12.0 Å². The Morgan fingerprint density at radius 2 is 1.91 bits per heavy atom. The molecule has 0 aliphatic carbocycles. The molecular weight excluding hydrogens is 296 g/mol. The third-order valence-corrected chi connectivity index (χ3v) is 4.39. The summed E-state index contributed by atoms with van der Waals surface area (Å²) < 4.78 is 10.3. The Bertz CT molecular complexity index is 594. The maximum Gasteiger partial charge on any atom is 0.409 e. The summed E-state index contributed by atoms with van der Waals surface area (Å²) in [6, 6.07) is 6.01. The van der Waals surface area contributed by atoms with E-state index in [0.29, 0.717) is 32.6 Å². The van der Waals surface area contributed by atoms with Gasteiger partial charge in [0.05, 0.1) is 20.1 Å². The predicted octanol–water partition coefficient (Wildman–Crippen LogP) is 1.46. The molecule has 6 heteroatoms. The number of carbonyl (C=O) groups excluding carboxylic acids is 2. The van der Waals surface area contributed by atoms with Crippen LogP contribution in [0.25, 0.3) is 0 Å². The molecule has 3 rings (SSSR count). The highest BCUT2D eigenvalue weighted by Crippen LogP contribution is 2.25. The molecule has 124 valence electrons.